The quantitative estimate of drug-likeness (QED) is 0.0490. The Bertz CT molecular complexity index is 1100. The summed E-state index contributed by atoms with van der Waals surface area (Å²) < 4.78 is 60.0. The number of anilines is 1. The molecule has 1 rings (SSSR count). The molecule has 63 heavy (non-hydrogen) atoms. The molecule has 0 aliphatic heterocycles. The maximum atomic E-state index is 12.2. The smallest absolute Gasteiger partial charge is 0.338 e. The predicted molar refractivity (Wildman–Crippen MR) is 248 cm³/mol. The zero-order valence-electron chi connectivity index (χ0n) is 39.7. The highest BCUT2D eigenvalue weighted by Gasteiger charge is 2.07. The highest BCUT2D eigenvalue weighted by molar-refractivity contribution is 5.89. The number of carbonyl (C=O) groups is 2. The molecule has 1 N–H and O–H groups in total. The largest absolute Gasteiger partial charge is 0.463 e. The Morgan fingerprint density at radius 2 is 0.667 bits per heavy atom. The first-order valence-electron chi connectivity index (χ1n) is 24.5. The Morgan fingerprint density at radius 3 is 1.02 bits per heavy atom. The summed E-state index contributed by atoms with van der Waals surface area (Å²) in [7, 11) is 0. The number of esters is 2. The zero-order valence-corrected chi connectivity index (χ0v) is 39.7. The molecule has 0 unspecified atom stereocenters. The van der Waals surface area contributed by atoms with Crippen molar-refractivity contribution < 1.29 is 61.7 Å². The highest BCUT2D eigenvalue weighted by atomic mass is 16.6. The number of hydrogen-bond acceptors (Lipinski definition) is 14. The molecule has 0 aliphatic carbocycles. The third-order valence-electron chi connectivity index (χ3n) is 9.89. The normalized spacial score (nSPS) is 11.3. The van der Waals surface area contributed by atoms with Crippen LogP contribution in [0.4, 0.5) is 5.69 Å². The van der Waals surface area contributed by atoms with Crippen LogP contribution in [0.25, 0.3) is 0 Å². The summed E-state index contributed by atoms with van der Waals surface area (Å²) in [4.78, 5) is 24.1. The van der Waals surface area contributed by atoms with E-state index >= 15 is 0 Å². The predicted octanol–water partition coefficient (Wildman–Crippen LogP) is 9.01. The van der Waals surface area contributed by atoms with Gasteiger partial charge >= 0.3 is 11.9 Å². The van der Waals surface area contributed by atoms with E-state index in [0.717, 1.165) is 37.9 Å². The van der Waals surface area contributed by atoms with Gasteiger partial charge in [0.1, 0.15) is 13.2 Å². The fourth-order valence-corrected chi connectivity index (χ4v) is 6.20. The van der Waals surface area contributed by atoms with Crippen LogP contribution in [-0.4, -0.2) is 151 Å². The van der Waals surface area contributed by atoms with Gasteiger partial charge in [-0.15, -0.1) is 0 Å². The van der Waals surface area contributed by atoms with Crippen molar-refractivity contribution in [2.45, 2.75) is 129 Å². The van der Waals surface area contributed by atoms with Crippen molar-refractivity contribution in [3.8, 4) is 0 Å². The average Bonchev–Trinajstić information content (AvgIpc) is 3.29. The number of nitrogens with one attached hydrogen (secondary N) is 1. The van der Waals surface area contributed by atoms with Crippen LogP contribution in [0, 0.1) is 0 Å². The second-order valence-electron chi connectivity index (χ2n) is 15.4. The topological polar surface area (TPSA) is 148 Å². The average molecular weight is 900 g/mol. The van der Waals surface area contributed by atoms with Crippen molar-refractivity contribution in [2.75, 3.05) is 144 Å². The number of unbranched alkanes of at least 4 members (excludes halogenated alkanes) is 15. The summed E-state index contributed by atoms with van der Waals surface area (Å²) in [6, 6.07) is 7.29. The molecule has 14 heteroatoms. The molecule has 0 radical (unpaired) electrons. The summed E-state index contributed by atoms with van der Waals surface area (Å²) in [5.41, 5.74) is 1.51. The van der Waals surface area contributed by atoms with E-state index in [0.29, 0.717) is 131 Å². The van der Waals surface area contributed by atoms with Crippen LogP contribution in [0.1, 0.15) is 140 Å². The van der Waals surface area contributed by atoms with Crippen molar-refractivity contribution in [2.24, 2.45) is 0 Å². The van der Waals surface area contributed by atoms with E-state index in [2.05, 4.69) is 19.2 Å². The number of ether oxygens (including phenoxy) is 11. The van der Waals surface area contributed by atoms with Gasteiger partial charge in [0.25, 0.3) is 0 Å². The molecule has 0 aliphatic rings. The first-order valence-corrected chi connectivity index (χ1v) is 24.5. The monoisotopic (exact) mass is 900 g/mol. The minimum absolute atomic E-state index is 0.134. The lowest BCUT2D eigenvalue weighted by atomic mass is 10.0. The van der Waals surface area contributed by atoms with Gasteiger partial charge in [-0.2, -0.15) is 0 Å². The van der Waals surface area contributed by atoms with E-state index in [9.17, 15) is 9.59 Å². The van der Waals surface area contributed by atoms with E-state index in [1.54, 1.807) is 12.1 Å². The summed E-state index contributed by atoms with van der Waals surface area (Å²) in [6.07, 6.45) is 22.4. The molecule has 0 saturated heterocycles. The summed E-state index contributed by atoms with van der Waals surface area (Å²) >= 11 is 0. The lowest BCUT2D eigenvalue weighted by Gasteiger charge is -2.09. The standard InChI is InChI=1S/C49H89NO13/c1-3-5-7-8-9-10-11-12-13-14-15-16-17-18-19-20-48(51)62-44-42-60-40-38-58-36-34-56-32-30-54-28-26-53-27-29-55-31-33-57-35-37-59-39-41-61-43-45-63-49(52)46-21-23-47(24-22-46)50-25-6-4-2/h21-24,50H,3-20,25-45H2,1-2H3. The first kappa shape index (κ1) is 58.6. The van der Waals surface area contributed by atoms with Crippen LogP contribution in [0.3, 0.4) is 0 Å². The number of carbonyl (C=O) groups excluding carboxylic acids is 2. The molecule has 14 nitrogen and oxygen atoms in total. The molecule has 0 bridgehead atoms. The Balaban J connectivity index is 1.68. The van der Waals surface area contributed by atoms with E-state index in [1.165, 1.54) is 83.5 Å². The maximum absolute atomic E-state index is 12.2. The molecular formula is C49H89NO13. The maximum Gasteiger partial charge on any atom is 0.338 e. The zero-order chi connectivity index (χ0) is 45.2. The van der Waals surface area contributed by atoms with Gasteiger partial charge in [0.05, 0.1) is 124 Å². The van der Waals surface area contributed by atoms with Crippen LogP contribution in [-0.2, 0) is 56.9 Å². The van der Waals surface area contributed by atoms with Crippen LogP contribution in [0.2, 0.25) is 0 Å². The molecular weight excluding hydrogens is 811 g/mol. The second-order valence-corrected chi connectivity index (χ2v) is 15.4. The van der Waals surface area contributed by atoms with Gasteiger partial charge in [0.2, 0.25) is 0 Å². The lowest BCUT2D eigenvalue weighted by molar-refractivity contribution is -0.145. The van der Waals surface area contributed by atoms with Gasteiger partial charge < -0.3 is 57.4 Å². The minimum atomic E-state index is -0.363. The summed E-state index contributed by atoms with van der Waals surface area (Å²) in [5, 5.41) is 3.32. The Labute approximate surface area is 381 Å². The molecule has 0 fully saturated rings. The van der Waals surface area contributed by atoms with Crippen LogP contribution >= 0.6 is 0 Å². The van der Waals surface area contributed by atoms with Crippen molar-refractivity contribution in [3.63, 3.8) is 0 Å². The van der Waals surface area contributed by atoms with Crippen molar-refractivity contribution in [3.05, 3.63) is 29.8 Å². The molecule has 0 saturated carbocycles. The Morgan fingerprint density at radius 1 is 0.365 bits per heavy atom. The van der Waals surface area contributed by atoms with E-state index in [4.69, 9.17) is 52.1 Å². The highest BCUT2D eigenvalue weighted by Crippen LogP contribution is 2.14. The van der Waals surface area contributed by atoms with Crippen LogP contribution in [0.5, 0.6) is 0 Å². The summed E-state index contributed by atoms with van der Waals surface area (Å²) in [5.74, 6) is -0.497. The molecule has 1 aromatic rings. The van der Waals surface area contributed by atoms with Crippen molar-refractivity contribution >= 4 is 17.6 Å². The minimum Gasteiger partial charge on any atom is -0.463 e. The molecule has 1 aromatic carbocycles. The van der Waals surface area contributed by atoms with Gasteiger partial charge in [0.15, 0.2) is 0 Å². The first-order chi connectivity index (χ1) is 31.2. The molecule has 368 valence electrons. The molecule has 0 heterocycles. The fourth-order valence-electron chi connectivity index (χ4n) is 6.20. The fraction of sp³-hybridized carbons (Fsp3) is 0.837. The van der Waals surface area contributed by atoms with Gasteiger partial charge in [-0.25, -0.2) is 4.79 Å². The van der Waals surface area contributed by atoms with Gasteiger partial charge in [-0.05, 0) is 37.1 Å². The van der Waals surface area contributed by atoms with E-state index in [1.807, 2.05) is 12.1 Å². The Hall–Kier alpha value is -2.40. The number of benzene rings is 1. The van der Waals surface area contributed by atoms with Gasteiger partial charge in [-0.1, -0.05) is 110 Å². The third kappa shape index (κ3) is 43.3. The molecule has 0 spiro atoms. The van der Waals surface area contributed by atoms with Crippen molar-refractivity contribution in [1.82, 2.24) is 0 Å². The molecule has 0 aromatic heterocycles. The molecule has 0 atom stereocenters. The van der Waals surface area contributed by atoms with Gasteiger partial charge in [-0.3, -0.25) is 4.79 Å². The van der Waals surface area contributed by atoms with Crippen LogP contribution < -0.4 is 5.32 Å². The summed E-state index contributed by atoms with van der Waals surface area (Å²) in [6.45, 7) is 14.0. The molecule has 0 amide bonds. The van der Waals surface area contributed by atoms with Crippen molar-refractivity contribution in [1.29, 1.82) is 0 Å². The third-order valence-corrected chi connectivity index (χ3v) is 9.89. The SMILES string of the molecule is CCCCCCCCCCCCCCCCCC(=O)OCCOCCOCCOCCOCCOCCOCCOCCOCCOCCOC(=O)c1ccc(NCCCC)cc1. The van der Waals surface area contributed by atoms with E-state index < -0.39 is 0 Å². The number of hydrogen-bond donors (Lipinski definition) is 1. The van der Waals surface area contributed by atoms with Crippen LogP contribution in [0.15, 0.2) is 24.3 Å². The lowest BCUT2D eigenvalue weighted by Crippen LogP contribution is -2.16. The van der Waals surface area contributed by atoms with E-state index in [-0.39, 0.29) is 25.2 Å². The Kier molecular flexibility index (Phi) is 45.6. The second kappa shape index (κ2) is 49.0. The van der Waals surface area contributed by atoms with Gasteiger partial charge in [0, 0.05) is 18.7 Å². The number of rotatable bonds is 51.